The highest BCUT2D eigenvalue weighted by Crippen LogP contribution is 2.38. The number of aromatic nitrogens is 3. The molecule has 148 valence electrons. The van der Waals surface area contributed by atoms with E-state index in [0.717, 1.165) is 44.2 Å². The van der Waals surface area contributed by atoms with Gasteiger partial charge in [-0.15, -0.1) is 0 Å². The van der Waals surface area contributed by atoms with E-state index in [1.54, 1.807) is 6.92 Å². The van der Waals surface area contributed by atoms with Gasteiger partial charge in [0.25, 0.3) is 0 Å². The topological polar surface area (TPSA) is 95.3 Å². The summed E-state index contributed by atoms with van der Waals surface area (Å²) in [6, 6.07) is 2.30. The molecule has 1 atom stereocenters. The van der Waals surface area contributed by atoms with E-state index in [4.69, 9.17) is 9.47 Å². The number of nitrogens with zero attached hydrogens (tertiary/aromatic N) is 3. The number of carbonyl (C=O) groups excluding carboxylic acids is 2. The SMILES string of the molecule is CCOC(=O)[C@@H](Cn1cncn1)OC(=O)Nc1c2c(cc3c1CCC3)CCC2. The summed E-state index contributed by atoms with van der Waals surface area (Å²) in [5.41, 5.74) is 5.94. The second-order valence-corrected chi connectivity index (χ2v) is 7.12. The highest BCUT2D eigenvalue weighted by molar-refractivity contribution is 5.90. The number of ether oxygens (including phenoxy) is 2. The van der Waals surface area contributed by atoms with Crippen LogP contribution in [0, 0.1) is 0 Å². The summed E-state index contributed by atoms with van der Waals surface area (Å²) >= 11 is 0. The maximum atomic E-state index is 12.7. The third kappa shape index (κ3) is 3.72. The quantitative estimate of drug-likeness (QED) is 0.769. The van der Waals surface area contributed by atoms with Gasteiger partial charge in [-0.25, -0.2) is 19.3 Å². The molecule has 1 aromatic heterocycles. The number of benzene rings is 1. The Bertz CT molecular complexity index is 847. The Morgan fingerprint density at radius 2 is 1.89 bits per heavy atom. The van der Waals surface area contributed by atoms with Gasteiger partial charge in [-0.3, -0.25) is 5.32 Å². The molecule has 0 spiro atoms. The molecule has 0 radical (unpaired) electrons. The Morgan fingerprint density at radius 3 is 2.50 bits per heavy atom. The first-order valence-corrected chi connectivity index (χ1v) is 9.79. The number of fused-ring (bicyclic) bond motifs is 2. The van der Waals surface area contributed by atoms with Crippen molar-refractivity contribution in [3.05, 3.63) is 41.0 Å². The fraction of sp³-hybridized carbons (Fsp3) is 0.500. The van der Waals surface area contributed by atoms with Crippen molar-refractivity contribution in [2.75, 3.05) is 11.9 Å². The highest BCUT2D eigenvalue weighted by atomic mass is 16.6. The molecule has 2 aliphatic rings. The Labute approximate surface area is 163 Å². The summed E-state index contributed by atoms with van der Waals surface area (Å²) < 4.78 is 11.9. The van der Waals surface area contributed by atoms with Crippen molar-refractivity contribution in [1.82, 2.24) is 14.8 Å². The van der Waals surface area contributed by atoms with Gasteiger partial charge in [0, 0.05) is 0 Å². The van der Waals surface area contributed by atoms with Crippen molar-refractivity contribution in [1.29, 1.82) is 0 Å². The predicted octanol–water partition coefficient (Wildman–Crippen LogP) is 2.44. The van der Waals surface area contributed by atoms with Crippen molar-refractivity contribution < 1.29 is 19.1 Å². The number of amides is 1. The lowest BCUT2D eigenvalue weighted by Gasteiger charge is -2.19. The van der Waals surface area contributed by atoms with Crippen LogP contribution in [0.5, 0.6) is 0 Å². The first-order chi connectivity index (χ1) is 13.7. The van der Waals surface area contributed by atoms with Crippen LogP contribution in [-0.4, -0.2) is 39.5 Å². The Balaban J connectivity index is 1.52. The average molecular weight is 384 g/mol. The maximum Gasteiger partial charge on any atom is 0.412 e. The second-order valence-electron chi connectivity index (χ2n) is 7.12. The first kappa shape index (κ1) is 18.5. The largest absolute Gasteiger partial charge is 0.463 e. The molecule has 8 heteroatoms. The predicted molar refractivity (Wildman–Crippen MR) is 101 cm³/mol. The van der Waals surface area contributed by atoms with Crippen LogP contribution in [0.25, 0.3) is 0 Å². The number of aryl methyl sites for hydroxylation is 2. The van der Waals surface area contributed by atoms with E-state index in [0.29, 0.717) is 0 Å². The third-order valence-electron chi connectivity index (χ3n) is 5.32. The summed E-state index contributed by atoms with van der Waals surface area (Å²) in [5, 5.41) is 6.91. The number of nitrogens with one attached hydrogen (secondary N) is 1. The second kappa shape index (κ2) is 8.00. The molecule has 4 rings (SSSR count). The fourth-order valence-corrected chi connectivity index (χ4v) is 4.12. The van der Waals surface area contributed by atoms with Crippen LogP contribution in [0.1, 0.15) is 42.0 Å². The number of carbonyl (C=O) groups is 2. The number of hydrogen-bond donors (Lipinski definition) is 1. The third-order valence-corrected chi connectivity index (χ3v) is 5.32. The van der Waals surface area contributed by atoms with Crippen molar-refractivity contribution in [2.45, 2.75) is 58.1 Å². The van der Waals surface area contributed by atoms with Gasteiger partial charge < -0.3 is 9.47 Å². The lowest BCUT2D eigenvalue weighted by Crippen LogP contribution is -2.35. The molecule has 1 heterocycles. The van der Waals surface area contributed by atoms with Crippen molar-refractivity contribution >= 4 is 17.7 Å². The number of hydrogen-bond acceptors (Lipinski definition) is 6. The van der Waals surface area contributed by atoms with Crippen molar-refractivity contribution in [3.8, 4) is 0 Å². The van der Waals surface area contributed by atoms with Gasteiger partial charge in [0.2, 0.25) is 6.10 Å². The van der Waals surface area contributed by atoms with Gasteiger partial charge in [0.1, 0.15) is 12.7 Å². The molecule has 0 unspecified atom stereocenters. The summed E-state index contributed by atoms with van der Waals surface area (Å²) in [6.45, 7) is 1.97. The Hall–Kier alpha value is -2.90. The van der Waals surface area contributed by atoms with E-state index in [2.05, 4.69) is 21.5 Å². The normalized spacial score (nSPS) is 15.6. The lowest BCUT2D eigenvalue weighted by atomic mass is 9.99. The summed E-state index contributed by atoms with van der Waals surface area (Å²) in [4.78, 5) is 28.8. The number of anilines is 1. The molecule has 1 amide bonds. The van der Waals surface area contributed by atoms with Crippen LogP contribution in [0.15, 0.2) is 18.7 Å². The average Bonchev–Trinajstić information content (AvgIpc) is 3.42. The molecular formula is C20H24N4O4. The van der Waals surface area contributed by atoms with E-state index in [-0.39, 0.29) is 13.2 Å². The molecule has 0 bridgehead atoms. The van der Waals surface area contributed by atoms with Crippen LogP contribution in [-0.2, 0) is 46.5 Å². The smallest absolute Gasteiger partial charge is 0.412 e. The van der Waals surface area contributed by atoms with Gasteiger partial charge in [0.05, 0.1) is 18.8 Å². The van der Waals surface area contributed by atoms with Gasteiger partial charge in [0.15, 0.2) is 0 Å². The Kier molecular flexibility index (Phi) is 5.27. The molecule has 28 heavy (non-hydrogen) atoms. The van der Waals surface area contributed by atoms with E-state index in [1.165, 1.54) is 39.6 Å². The molecule has 0 aliphatic heterocycles. The zero-order valence-corrected chi connectivity index (χ0v) is 15.9. The highest BCUT2D eigenvalue weighted by Gasteiger charge is 2.28. The summed E-state index contributed by atoms with van der Waals surface area (Å²) in [5.74, 6) is -0.600. The van der Waals surface area contributed by atoms with Crippen LogP contribution in [0.2, 0.25) is 0 Å². The Morgan fingerprint density at radius 1 is 1.18 bits per heavy atom. The van der Waals surface area contributed by atoms with Crippen LogP contribution in [0.3, 0.4) is 0 Å². The molecule has 0 saturated carbocycles. The minimum Gasteiger partial charge on any atom is -0.463 e. The van der Waals surface area contributed by atoms with E-state index >= 15 is 0 Å². The monoisotopic (exact) mass is 384 g/mol. The molecule has 0 fully saturated rings. The van der Waals surface area contributed by atoms with Gasteiger partial charge in [-0.05, 0) is 67.7 Å². The van der Waals surface area contributed by atoms with E-state index in [9.17, 15) is 9.59 Å². The van der Waals surface area contributed by atoms with Gasteiger partial charge in [-0.2, -0.15) is 5.10 Å². The zero-order chi connectivity index (χ0) is 19.5. The lowest BCUT2D eigenvalue weighted by molar-refractivity contribution is -0.153. The zero-order valence-electron chi connectivity index (χ0n) is 15.9. The molecule has 0 saturated heterocycles. The number of rotatable bonds is 6. The molecule has 2 aromatic rings. The van der Waals surface area contributed by atoms with E-state index < -0.39 is 18.2 Å². The molecule has 8 nitrogen and oxygen atoms in total. The van der Waals surface area contributed by atoms with Crippen molar-refractivity contribution in [2.24, 2.45) is 0 Å². The molecule has 1 aromatic carbocycles. The van der Waals surface area contributed by atoms with Crippen molar-refractivity contribution in [3.63, 3.8) is 0 Å². The van der Waals surface area contributed by atoms with Crippen LogP contribution in [0.4, 0.5) is 10.5 Å². The molecule has 2 aliphatic carbocycles. The van der Waals surface area contributed by atoms with Gasteiger partial charge in [-0.1, -0.05) is 6.07 Å². The summed E-state index contributed by atoms with van der Waals surface area (Å²) in [6.07, 6.45) is 7.28. The molecule has 1 N–H and O–H groups in total. The first-order valence-electron chi connectivity index (χ1n) is 9.79. The minimum atomic E-state index is -1.09. The number of esters is 1. The minimum absolute atomic E-state index is 0.0528. The van der Waals surface area contributed by atoms with E-state index in [1.807, 2.05) is 0 Å². The molecular weight excluding hydrogens is 360 g/mol. The maximum absolute atomic E-state index is 12.7. The van der Waals surface area contributed by atoms with Gasteiger partial charge >= 0.3 is 12.1 Å². The fourth-order valence-electron chi connectivity index (χ4n) is 4.12. The van der Waals surface area contributed by atoms with Crippen LogP contribution < -0.4 is 5.32 Å². The summed E-state index contributed by atoms with van der Waals surface area (Å²) in [7, 11) is 0. The standard InChI is InChI=1S/C20H24N4O4/c1-2-27-19(25)17(10-24-12-21-11-22-24)28-20(26)23-18-15-7-3-5-13(15)9-14-6-4-8-16(14)18/h9,11-12,17H,2-8,10H2,1H3,(H,23,26)/t17-/m1/s1. The van der Waals surface area contributed by atoms with Crippen LogP contribution >= 0.6 is 0 Å².